The summed E-state index contributed by atoms with van der Waals surface area (Å²) in [6, 6.07) is 13.6. The number of carbonyl (C=O) groups excluding carboxylic acids is 1. The zero-order valence-corrected chi connectivity index (χ0v) is 14.5. The first kappa shape index (κ1) is 19.5. The molecule has 26 heavy (non-hydrogen) atoms. The van der Waals surface area contributed by atoms with Crippen molar-refractivity contribution < 1.29 is 18.0 Å². The highest BCUT2D eigenvalue weighted by atomic mass is 19.4. The van der Waals surface area contributed by atoms with Gasteiger partial charge in [-0.2, -0.15) is 18.4 Å². The number of benzene rings is 2. The van der Waals surface area contributed by atoms with E-state index in [2.05, 4.69) is 0 Å². The van der Waals surface area contributed by atoms with Crippen LogP contribution < -0.4 is 0 Å². The van der Waals surface area contributed by atoms with Gasteiger partial charge in [0.15, 0.2) is 0 Å². The largest absolute Gasteiger partial charge is 0.416 e. The Bertz CT molecular complexity index is 788. The summed E-state index contributed by atoms with van der Waals surface area (Å²) in [5.74, 6) is -0.163. The summed E-state index contributed by atoms with van der Waals surface area (Å²) >= 11 is 0. The maximum Gasteiger partial charge on any atom is 0.416 e. The fourth-order valence-electron chi connectivity index (χ4n) is 2.53. The van der Waals surface area contributed by atoms with E-state index in [0.717, 1.165) is 17.7 Å². The van der Waals surface area contributed by atoms with Gasteiger partial charge in [-0.05, 0) is 49.2 Å². The lowest BCUT2D eigenvalue weighted by molar-refractivity contribution is -0.137. The van der Waals surface area contributed by atoms with E-state index in [0.29, 0.717) is 17.7 Å². The molecule has 0 aliphatic carbocycles. The second-order valence-electron chi connectivity index (χ2n) is 6.30. The molecule has 0 atom stereocenters. The summed E-state index contributed by atoms with van der Waals surface area (Å²) in [6.07, 6.45) is -4.35. The van der Waals surface area contributed by atoms with Gasteiger partial charge in [0, 0.05) is 12.6 Å². The number of hydrogen-bond donors (Lipinski definition) is 0. The Morgan fingerprint density at radius 2 is 1.58 bits per heavy atom. The Labute approximate surface area is 150 Å². The Hall–Kier alpha value is -2.81. The maximum atomic E-state index is 12.6. The van der Waals surface area contributed by atoms with Crippen molar-refractivity contribution in [2.75, 3.05) is 0 Å². The van der Waals surface area contributed by atoms with Gasteiger partial charge in [-0.3, -0.25) is 4.79 Å². The van der Waals surface area contributed by atoms with Crippen LogP contribution in [-0.4, -0.2) is 16.8 Å². The van der Waals surface area contributed by atoms with Gasteiger partial charge >= 0.3 is 6.18 Å². The number of hydrogen-bond acceptors (Lipinski definition) is 2. The molecular weight excluding hydrogens is 341 g/mol. The van der Waals surface area contributed by atoms with Crippen LogP contribution in [0.2, 0.25) is 0 Å². The number of carbonyl (C=O) groups is 1. The lowest BCUT2D eigenvalue weighted by Gasteiger charge is -2.27. The Kier molecular flexibility index (Phi) is 6.04. The van der Waals surface area contributed by atoms with Crippen LogP contribution >= 0.6 is 0 Å². The third kappa shape index (κ3) is 5.09. The zero-order valence-electron chi connectivity index (χ0n) is 14.5. The number of nitriles is 1. The molecular formula is C20H19F3N2O. The minimum absolute atomic E-state index is 0.0343. The van der Waals surface area contributed by atoms with Crippen LogP contribution in [0.15, 0.2) is 48.5 Å². The van der Waals surface area contributed by atoms with Gasteiger partial charge in [0.05, 0.1) is 23.6 Å². The topological polar surface area (TPSA) is 44.1 Å². The first-order valence-corrected chi connectivity index (χ1v) is 8.15. The fourth-order valence-corrected chi connectivity index (χ4v) is 2.53. The Morgan fingerprint density at radius 1 is 1.04 bits per heavy atom. The molecule has 0 bridgehead atoms. The number of rotatable bonds is 5. The molecule has 0 aliphatic heterocycles. The molecule has 0 aromatic heterocycles. The molecule has 2 rings (SSSR count). The van der Waals surface area contributed by atoms with Crippen LogP contribution in [-0.2, 0) is 23.9 Å². The lowest BCUT2D eigenvalue weighted by Crippen LogP contribution is -2.37. The fraction of sp³-hybridized carbons (Fsp3) is 0.300. The van der Waals surface area contributed by atoms with Crippen molar-refractivity contribution >= 4 is 5.91 Å². The van der Waals surface area contributed by atoms with Crippen molar-refractivity contribution in [3.63, 3.8) is 0 Å². The van der Waals surface area contributed by atoms with Crippen molar-refractivity contribution in [1.82, 2.24) is 4.90 Å². The molecule has 2 aromatic rings. The van der Waals surface area contributed by atoms with E-state index in [4.69, 9.17) is 5.26 Å². The maximum absolute atomic E-state index is 12.6. The van der Waals surface area contributed by atoms with Gasteiger partial charge in [-0.15, -0.1) is 0 Å². The number of nitrogens with zero attached hydrogens (tertiary/aromatic N) is 2. The van der Waals surface area contributed by atoms with Crippen molar-refractivity contribution in [1.29, 1.82) is 5.26 Å². The standard InChI is InChI=1S/C20H19F3N2O/c1-14(2)25(13-17-5-3-16(12-24)4-6-17)19(26)11-15-7-9-18(10-8-15)20(21,22)23/h3-10,14H,11,13H2,1-2H3. The summed E-state index contributed by atoms with van der Waals surface area (Å²) in [5, 5.41) is 8.84. The van der Waals surface area contributed by atoms with Gasteiger partial charge < -0.3 is 4.90 Å². The SMILES string of the molecule is CC(C)N(Cc1ccc(C#N)cc1)C(=O)Cc1ccc(C(F)(F)F)cc1. The highest BCUT2D eigenvalue weighted by Crippen LogP contribution is 2.29. The minimum atomic E-state index is -4.39. The van der Waals surface area contributed by atoms with Crippen molar-refractivity contribution in [2.45, 2.75) is 39.0 Å². The van der Waals surface area contributed by atoms with Crippen molar-refractivity contribution in [3.05, 3.63) is 70.8 Å². The van der Waals surface area contributed by atoms with Crippen molar-refractivity contribution in [2.24, 2.45) is 0 Å². The van der Waals surface area contributed by atoms with E-state index in [1.165, 1.54) is 12.1 Å². The van der Waals surface area contributed by atoms with Gasteiger partial charge in [-0.25, -0.2) is 0 Å². The van der Waals surface area contributed by atoms with E-state index in [1.807, 2.05) is 19.9 Å². The molecule has 0 heterocycles. The second-order valence-corrected chi connectivity index (χ2v) is 6.30. The molecule has 2 aromatic carbocycles. The molecule has 0 fully saturated rings. The van der Waals surface area contributed by atoms with Gasteiger partial charge in [0.2, 0.25) is 5.91 Å². The summed E-state index contributed by atoms with van der Waals surface area (Å²) in [4.78, 5) is 14.3. The first-order chi connectivity index (χ1) is 12.2. The quantitative estimate of drug-likeness (QED) is 0.785. The molecule has 1 amide bonds. The van der Waals surface area contributed by atoms with Crippen LogP contribution in [0.5, 0.6) is 0 Å². The molecule has 0 saturated carbocycles. The molecule has 0 N–H and O–H groups in total. The van der Waals surface area contributed by atoms with E-state index >= 15 is 0 Å². The highest BCUT2D eigenvalue weighted by Gasteiger charge is 2.30. The molecule has 0 radical (unpaired) electrons. The summed E-state index contributed by atoms with van der Waals surface area (Å²) in [6.45, 7) is 4.14. The van der Waals surface area contributed by atoms with Crippen LogP contribution in [0.3, 0.4) is 0 Å². The predicted molar refractivity (Wildman–Crippen MR) is 92.0 cm³/mol. The lowest BCUT2D eigenvalue weighted by atomic mass is 10.1. The van der Waals surface area contributed by atoms with E-state index in [9.17, 15) is 18.0 Å². The van der Waals surface area contributed by atoms with Crippen LogP contribution in [0.4, 0.5) is 13.2 Å². The van der Waals surface area contributed by atoms with Gasteiger partial charge in [0.25, 0.3) is 0 Å². The third-order valence-corrected chi connectivity index (χ3v) is 4.02. The molecule has 3 nitrogen and oxygen atoms in total. The van der Waals surface area contributed by atoms with E-state index in [-0.39, 0.29) is 18.4 Å². The highest BCUT2D eigenvalue weighted by molar-refractivity contribution is 5.79. The molecule has 136 valence electrons. The smallest absolute Gasteiger partial charge is 0.336 e. The van der Waals surface area contributed by atoms with Gasteiger partial charge in [0.1, 0.15) is 0 Å². The molecule has 0 aliphatic rings. The number of amides is 1. The summed E-state index contributed by atoms with van der Waals surface area (Å²) < 4.78 is 37.9. The van der Waals surface area contributed by atoms with Gasteiger partial charge in [-0.1, -0.05) is 24.3 Å². The molecule has 6 heteroatoms. The van der Waals surface area contributed by atoms with E-state index in [1.54, 1.807) is 29.2 Å². The summed E-state index contributed by atoms with van der Waals surface area (Å²) in [7, 11) is 0. The minimum Gasteiger partial charge on any atom is -0.336 e. The first-order valence-electron chi connectivity index (χ1n) is 8.15. The number of alkyl halides is 3. The Morgan fingerprint density at radius 3 is 2.04 bits per heavy atom. The average molecular weight is 360 g/mol. The third-order valence-electron chi connectivity index (χ3n) is 4.02. The van der Waals surface area contributed by atoms with Crippen LogP contribution in [0.1, 0.15) is 36.1 Å². The molecule has 0 spiro atoms. The monoisotopic (exact) mass is 360 g/mol. The zero-order chi connectivity index (χ0) is 19.3. The summed E-state index contributed by atoms with van der Waals surface area (Å²) in [5.41, 5.74) is 1.24. The van der Waals surface area contributed by atoms with E-state index < -0.39 is 11.7 Å². The predicted octanol–water partition coefficient (Wildman–Crippen LogP) is 4.56. The van der Waals surface area contributed by atoms with Crippen LogP contribution in [0.25, 0.3) is 0 Å². The van der Waals surface area contributed by atoms with Crippen molar-refractivity contribution in [3.8, 4) is 6.07 Å². The van der Waals surface area contributed by atoms with Crippen LogP contribution in [0, 0.1) is 11.3 Å². The average Bonchev–Trinajstić information content (AvgIpc) is 2.59. The normalized spacial score (nSPS) is 11.3. The number of halogens is 3. The second kappa shape index (κ2) is 8.05. The molecule has 0 saturated heterocycles. The molecule has 0 unspecified atom stereocenters. The Balaban J connectivity index is 2.09.